The SMILES string of the molecule is CC(C)[C@H](C)C(=O)C1CCCCC1. The van der Waals surface area contributed by atoms with Gasteiger partial charge < -0.3 is 0 Å². The van der Waals surface area contributed by atoms with Crippen molar-refractivity contribution in [3.8, 4) is 0 Å². The minimum absolute atomic E-state index is 0.267. The lowest BCUT2D eigenvalue weighted by Crippen LogP contribution is -2.26. The molecule has 0 spiro atoms. The maximum absolute atomic E-state index is 11.9. The second-order valence-electron chi connectivity index (χ2n) is 4.77. The van der Waals surface area contributed by atoms with Crippen LogP contribution in [-0.2, 0) is 4.79 Å². The summed E-state index contributed by atoms with van der Waals surface area (Å²) < 4.78 is 0. The second kappa shape index (κ2) is 4.78. The van der Waals surface area contributed by atoms with Crippen LogP contribution in [0.3, 0.4) is 0 Å². The van der Waals surface area contributed by atoms with E-state index in [4.69, 9.17) is 0 Å². The van der Waals surface area contributed by atoms with E-state index in [-0.39, 0.29) is 5.92 Å². The van der Waals surface area contributed by atoms with Crippen LogP contribution in [0.2, 0.25) is 0 Å². The maximum Gasteiger partial charge on any atom is 0.139 e. The molecule has 1 aliphatic carbocycles. The van der Waals surface area contributed by atoms with E-state index in [2.05, 4.69) is 20.8 Å². The largest absolute Gasteiger partial charge is 0.299 e. The molecule has 0 N–H and O–H groups in total. The van der Waals surface area contributed by atoms with E-state index in [9.17, 15) is 4.79 Å². The Kier molecular flexibility index (Phi) is 3.95. The van der Waals surface area contributed by atoms with E-state index in [1.165, 1.54) is 19.3 Å². The van der Waals surface area contributed by atoms with Crippen LogP contribution in [-0.4, -0.2) is 5.78 Å². The summed E-state index contributed by atoms with van der Waals surface area (Å²) in [5.41, 5.74) is 0. The van der Waals surface area contributed by atoms with Crippen molar-refractivity contribution < 1.29 is 4.79 Å². The average molecular weight is 182 g/mol. The predicted octanol–water partition coefficient (Wildman–Crippen LogP) is 3.43. The zero-order chi connectivity index (χ0) is 9.84. The molecule has 1 aliphatic rings. The summed E-state index contributed by atoms with van der Waals surface area (Å²) in [5, 5.41) is 0. The van der Waals surface area contributed by atoms with Gasteiger partial charge in [0.1, 0.15) is 5.78 Å². The Balaban J connectivity index is 2.45. The van der Waals surface area contributed by atoms with Gasteiger partial charge in [0.2, 0.25) is 0 Å². The first kappa shape index (κ1) is 10.7. The minimum Gasteiger partial charge on any atom is -0.299 e. The molecule has 1 fully saturated rings. The monoisotopic (exact) mass is 182 g/mol. The van der Waals surface area contributed by atoms with Crippen molar-refractivity contribution in [2.75, 3.05) is 0 Å². The van der Waals surface area contributed by atoms with Gasteiger partial charge in [-0.15, -0.1) is 0 Å². The van der Waals surface area contributed by atoms with Crippen molar-refractivity contribution in [1.82, 2.24) is 0 Å². The Hall–Kier alpha value is -0.330. The number of rotatable bonds is 3. The van der Waals surface area contributed by atoms with E-state index in [1.54, 1.807) is 0 Å². The van der Waals surface area contributed by atoms with Gasteiger partial charge in [0, 0.05) is 11.8 Å². The standard InChI is InChI=1S/C12H22O/c1-9(2)10(3)12(13)11-7-5-4-6-8-11/h9-11H,4-8H2,1-3H3/t10-/m0/s1. The molecule has 0 aromatic rings. The molecule has 1 rings (SSSR count). The van der Waals surface area contributed by atoms with Crippen LogP contribution in [0, 0.1) is 17.8 Å². The maximum atomic E-state index is 11.9. The summed E-state index contributed by atoms with van der Waals surface area (Å²) in [6.45, 7) is 6.37. The molecule has 1 heteroatoms. The van der Waals surface area contributed by atoms with Gasteiger partial charge in [-0.3, -0.25) is 4.79 Å². The fourth-order valence-corrected chi connectivity index (χ4v) is 2.09. The van der Waals surface area contributed by atoms with Gasteiger partial charge in [-0.1, -0.05) is 40.0 Å². The summed E-state index contributed by atoms with van der Waals surface area (Å²) in [6.07, 6.45) is 6.16. The van der Waals surface area contributed by atoms with Crippen molar-refractivity contribution in [2.24, 2.45) is 17.8 Å². The number of Topliss-reactive ketones (excluding diaryl/α,β-unsaturated/α-hetero) is 1. The molecule has 0 heterocycles. The van der Waals surface area contributed by atoms with E-state index in [0.29, 0.717) is 17.6 Å². The lowest BCUT2D eigenvalue weighted by atomic mass is 9.79. The molecule has 1 atom stereocenters. The van der Waals surface area contributed by atoms with Crippen LogP contribution in [0.25, 0.3) is 0 Å². The lowest BCUT2D eigenvalue weighted by Gasteiger charge is -2.25. The molecule has 13 heavy (non-hydrogen) atoms. The third kappa shape index (κ3) is 2.82. The summed E-state index contributed by atoms with van der Waals surface area (Å²) in [7, 11) is 0. The molecule has 1 saturated carbocycles. The Morgan fingerprint density at radius 2 is 1.62 bits per heavy atom. The molecular formula is C12H22O. The quantitative estimate of drug-likeness (QED) is 0.653. The molecule has 0 bridgehead atoms. The van der Waals surface area contributed by atoms with Gasteiger partial charge in [-0.05, 0) is 18.8 Å². The molecule has 0 saturated heterocycles. The van der Waals surface area contributed by atoms with E-state index in [1.807, 2.05) is 0 Å². The molecule has 0 radical (unpaired) electrons. The Morgan fingerprint density at radius 3 is 2.08 bits per heavy atom. The van der Waals surface area contributed by atoms with Crippen molar-refractivity contribution in [1.29, 1.82) is 0 Å². The highest BCUT2D eigenvalue weighted by Crippen LogP contribution is 2.28. The molecular weight excluding hydrogens is 160 g/mol. The third-order valence-electron chi connectivity index (χ3n) is 3.46. The Labute approximate surface area is 81.9 Å². The van der Waals surface area contributed by atoms with Crippen molar-refractivity contribution >= 4 is 5.78 Å². The summed E-state index contributed by atoms with van der Waals surface area (Å²) in [4.78, 5) is 11.9. The highest BCUT2D eigenvalue weighted by molar-refractivity contribution is 5.83. The lowest BCUT2D eigenvalue weighted by molar-refractivity contribution is -0.128. The third-order valence-corrected chi connectivity index (χ3v) is 3.46. The highest BCUT2D eigenvalue weighted by atomic mass is 16.1. The molecule has 76 valence electrons. The van der Waals surface area contributed by atoms with Crippen LogP contribution in [0.1, 0.15) is 52.9 Å². The molecule has 0 amide bonds. The first-order chi connectivity index (χ1) is 6.13. The van der Waals surface area contributed by atoms with Gasteiger partial charge in [0.25, 0.3) is 0 Å². The van der Waals surface area contributed by atoms with Crippen molar-refractivity contribution in [3.63, 3.8) is 0 Å². The zero-order valence-corrected chi connectivity index (χ0v) is 9.18. The Morgan fingerprint density at radius 1 is 1.08 bits per heavy atom. The molecule has 0 aromatic heterocycles. The van der Waals surface area contributed by atoms with Gasteiger partial charge in [0.05, 0.1) is 0 Å². The minimum atomic E-state index is 0.267. The first-order valence-electron chi connectivity index (χ1n) is 5.66. The van der Waals surface area contributed by atoms with Crippen LogP contribution >= 0.6 is 0 Å². The van der Waals surface area contributed by atoms with Crippen LogP contribution in [0.5, 0.6) is 0 Å². The van der Waals surface area contributed by atoms with Crippen molar-refractivity contribution in [2.45, 2.75) is 52.9 Å². The fraction of sp³-hybridized carbons (Fsp3) is 0.917. The van der Waals surface area contributed by atoms with E-state index in [0.717, 1.165) is 12.8 Å². The highest BCUT2D eigenvalue weighted by Gasteiger charge is 2.26. The van der Waals surface area contributed by atoms with Crippen LogP contribution in [0.4, 0.5) is 0 Å². The van der Waals surface area contributed by atoms with E-state index >= 15 is 0 Å². The van der Waals surface area contributed by atoms with Crippen LogP contribution in [0.15, 0.2) is 0 Å². The predicted molar refractivity (Wildman–Crippen MR) is 55.6 cm³/mol. The Bertz CT molecular complexity index is 166. The van der Waals surface area contributed by atoms with Crippen molar-refractivity contribution in [3.05, 3.63) is 0 Å². The number of hydrogen-bond acceptors (Lipinski definition) is 1. The summed E-state index contributed by atoms with van der Waals surface area (Å²) in [5.74, 6) is 1.69. The normalized spacial score (nSPS) is 21.8. The van der Waals surface area contributed by atoms with Gasteiger partial charge in [0.15, 0.2) is 0 Å². The average Bonchev–Trinajstić information content (AvgIpc) is 2.17. The number of ketones is 1. The molecule has 0 aromatic carbocycles. The van der Waals surface area contributed by atoms with Gasteiger partial charge in [-0.25, -0.2) is 0 Å². The summed E-state index contributed by atoms with van der Waals surface area (Å²) >= 11 is 0. The smallest absolute Gasteiger partial charge is 0.139 e. The van der Waals surface area contributed by atoms with E-state index < -0.39 is 0 Å². The second-order valence-corrected chi connectivity index (χ2v) is 4.77. The zero-order valence-electron chi connectivity index (χ0n) is 9.18. The number of carbonyl (C=O) groups is 1. The van der Waals surface area contributed by atoms with Gasteiger partial charge in [-0.2, -0.15) is 0 Å². The number of hydrogen-bond donors (Lipinski definition) is 0. The van der Waals surface area contributed by atoms with Gasteiger partial charge >= 0.3 is 0 Å². The molecule has 0 unspecified atom stereocenters. The topological polar surface area (TPSA) is 17.1 Å². The molecule has 0 aliphatic heterocycles. The first-order valence-corrected chi connectivity index (χ1v) is 5.66. The fourth-order valence-electron chi connectivity index (χ4n) is 2.09. The van der Waals surface area contributed by atoms with Crippen LogP contribution < -0.4 is 0 Å². The number of carbonyl (C=O) groups excluding carboxylic acids is 1. The molecule has 1 nitrogen and oxygen atoms in total. The summed E-state index contributed by atoms with van der Waals surface area (Å²) in [6, 6.07) is 0.